The standard InChI is InChI=1S/C14H14ClN3O4S/c1-21-9-4-3-8(5-10(9)22-2)7-16-18-14-17-13(20)11(23-14)6-12(15)19/h3-5,7,11H,6H2,1-2H3,(H,17,18,20). The summed E-state index contributed by atoms with van der Waals surface area (Å²) in [5.74, 6) is 0.889. The van der Waals surface area contributed by atoms with Crippen LogP contribution in [0.4, 0.5) is 0 Å². The largest absolute Gasteiger partial charge is 0.493 e. The number of methoxy groups -OCH3 is 2. The number of nitrogens with one attached hydrogen (secondary N) is 1. The summed E-state index contributed by atoms with van der Waals surface area (Å²) >= 11 is 6.41. The molecule has 0 saturated carbocycles. The first-order chi connectivity index (χ1) is 11.0. The van der Waals surface area contributed by atoms with Crippen molar-refractivity contribution in [3.05, 3.63) is 23.8 Å². The molecule has 0 aromatic heterocycles. The highest BCUT2D eigenvalue weighted by atomic mass is 35.5. The molecular weight excluding hydrogens is 342 g/mol. The monoisotopic (exact) mass is 355 g/mol. The molecule has 7 nitrogen and oxygen atoms in total. The van der Waals surface area contributed by atoms with E-state index < -0.39 is 10.5 Å². The fourth-order valence-corrected chi connectivity index (χ4v) is 2.98. The number of benzene rings is 1. The van der Waals surface area contributed by atoms with Crippen molar-refractivity contribution in [2.45, 2.75) is 11.7 Å². The number of nitrogens with zero attached hydrogens (tertiary/aromatic N) is 2. The third-order valence-electron chi connectivity index (χ3n) is 2.89. The van der Waals surface area contributed by atoms with Crippen molar-refractivity contribution < 1.29 is 19.1 Å². The van der Waals surface area contributed by atoms with Gasteiger partial charge in [0, 0.05) is 6.42 Å². The summed E-state index contributed by atoms with van der Waals surface area (Å²) in [6, 6.07) is 5.29. The highest BCUT2D eigenvalue weighted by Gasteiger charge is 2.31. The van der Waals surface area contributed by atoms with E-state index in [9.17, 15) is 9.59 Å². The first-order valence-corrected chi connectivity index (χ1v) is 7.78. The Labute approximate surface area is 142 Å². The molecule has 1 aromatic carbocycles. The van der Waals surface area contributed by atoms with Gasteiger partial charge < -0.3 is 14.8 Å². The minimum atomic E-state index is -0.562. The first-order valence-electron chi connectivity index (χ1n) is 6.52. The Morgan fingerprint density at radius 2 is 2.13 bits per heavy atom. The molecular formula is C14H14ClN3O4S. The van der Waals surface area contributed by atoms with Crippen LogP contribution in [0.15, 0.2) is 28.4 Å². The van der Waals surface area contributed by atoms with E-state index in [4.69, 9.17) is 21.1 Å². The van der Waals surface area contributed by atoms with Gasteiger partial charge in [0.15, 0.2) is 16.7 Å². The van der Waals surface area contributed by atoms with Crippen LogP contribution in [0.3, 0.4) is 0 Å². The Morgan fingerprint density at radius 1 is 1.39 bits per heavy atom. The van der Waals surface area contributed by atoms with E-state index in [1.165, 1.54) is 6.21 Å². The number of carbonyl (C=O) groups is 2. The van der Waals surface area contributed by atoms with Crippen LogP contribution >= 0.6 is 23.4 Å². The Bertz CT molecular complexity index is 678. The quantitative estimate of drug-likeness (QED) is 0.477. The van der Waals surface area contributed by atoms with Gasteiger partial charge in [-0.1, -0.05) is 11.8 Å². The highest BCUT2D eigenvalue weighted by Crippen LogP contribution is 2.27. The Balaban J connectivity index is 2.04. The number of carbonyl (C=O) groups excluding carboxylic acids is 2. The maximum Gasteiger partial charge on any atom is 0.240 e. The molecule has 1 saturated heterocycles. The van der Waals surface area contributed by atoms with Crippen LogP contribution < -0.4 is 14.8 Å². The average Bonchev–Trinajstić information content (AvgIpc) is 2.86. The van der Waals surface area contributed by atoms with Crippen LogP contribution in [-0.4, -0.2) is 42.0 Å². The lowest BCUT2D eigenvalue weighted by molar-refractivity contribution is -0.121. The van der Waals surface area contributed by atoms with Crippen LogP contribution in [0, 0.1) is 0 Å². The Morgan fingerprint density at radius 3 is 2.78 bits per heavy atom. The van der Waals surface area contributed by atoms with E-state index in [1.807, 2.05) is 0 Å². The fourth-order valence-electron chi connectivity index (χ4n) is 1.81. The van der Waals surface area contributed by atoms with Gasteiger partial charge in [-0.3, -0.25) is 9.59 Å². The van der Waals surface area contributed by atoms with Crippen LogP contribution in [0.2, 0.25) is 0 Å². The molecule has 23 heavy (non-hydrogen) atoms. The van der Waals surface area contributed by atoms with Gasteiger partial charge >= 0.3 is 0 Å². The summed E-state index contributed by atoms with van der Waals surface area (Å²) in [7, 11) is 3.10. The molecule has 1 heterocycles. The number of amides is 1. The minimum absolute atomic E-state index is 0.0452. The molecule has 0 aliphatic carbocycles. The lowest BCUT2D eigenvalue weighted by Gasteiger charge is -2.07. The van der Waals surface area contributed by atoms with Crippen molar-refractivity contribution in [3.63, 3.8) is 0 Å². The van der Waals surface area contributed by atoms with Crippen molar-refractivity contribution in [3.8, 4) is 11.5 Å². The van der Waals surface area contributed by atoms with Gasteiger partial charge in [0.05, 0.1) is 25.7 Å². The molecule has 1 aliphatic rings. The summed E-state index contributed by atoms with van der Waals surface area (Å²) in [6.45, 7) is 0. The Hall–Kier alpha value is -2.06. The van der Waals surface area contributed by atoms with Gasteiger partial charge in [-0.2, -0.15) is 5.10 Å². The number of thioether (sulfide) groups is 1. The zero-order valence-electron chi connectivity index (χ0n) is 12.4. The molecule has 1 aliphatic heterocycles. The molecule has 0 bridgehead atoms. The van der Waals surface area contributed by atoms with Crippen molar-refractivity contribution in [2.24, 2.45) is 10.2 Å². The average molecular weight is 356 g/mol. The molecule has 1 aromatic rings. The molecule has 1 N–H and O–H groups in total. The maximum atomic E-state index is 11.6. The molecule has 0 radical (unpaired) electrons. The normalized spacial score (nSPS) is 19.2. The van der Waals surface area contributed by atoms with Gasteiger partial charge in [0.2, 0.25) is 11.1 Å². The van der Waals surface area contributed by atoms with Gasteiger partial charge in [0.25, 0.3) is 0 Å². The van der Waals surface area contributed by atoms with Gasteiger partial charge in [-0.15, -0.1) is 5.10 Å². The molecule has 0 spiro atoms. The predicted octanol–water partition coefficient (Wildman–Crippen LogP) is 1.78. The number of halogens is 1. The van der Waals surface area contributed by atoms with E-state index in [2.05, 4.69) is 15.5 Å². The Kier molecular flexibility index (Phi) is 6.00. The maximum absolute atomic E-state index is 11.6. The zero-order chi connectivity index (χ0) is 16.8. The van der Waals surface area contributed by atoms with E-state index in [0.29, 0.717) is 16.7 Å². The van der Waals surface area contributed by atoms with Crippen LogP contribution in [0.1, 0.15) is 12.0 Å². The predicted molar refractivity (Wildman–Crippen MR) is 89.6 cm³/mol. The van der Waals surface area contributed by atoms with Crippen LogP contribution in [-0.2, 0) is 9.59 Å². The van der Waals surface area contributed by atoms with Gasteiger partial charge in [0.1, 0.15) is 0 Å². The second-order valence-electron chi connectivity index (χ2n) is 4.42. The van der Waals surface area contributed by atoms with Gasteiger partial charge in [-0.05, 0) is 35.4 Å². The highest BCUT2D eigenvalue weighted by molar-refractivity contribution is 8.15. The first kappa shape index (κ1) is 17.3. The molecule has 1 amide bonds. The summed E-state index contributed by atoms with van der Waals surface area (Å²) in [4.78, 5) is 22.4. The molecule has 1 unspecified atom stereocenters. The van der Waals surface area contributed by atoms with Crippen molar-refractivity contribution in [2.75, 3.05) is 14.2 Å². The third-order valence-corrected chi connectivity index (χ3v) is 4.11. The van der Waals surface area contributed by atoms with Crippen molar-refractivity contribution in [1.82, 2.24) is 5.32 Å². The number of ether oxygens (including phenoxy) is 2. The van der Waals surface area contributed by atoms with E-state index in [1.54, 1.807) is 32.4 Å². The molecule has 122 valence electrons. The van der Waals surface area contributed by atoms with E-state index in [0.717, 1.165) is 17.3 Å². The number of hydrogen-bond donors (Lipinski definition) is 1. The van der Waals surface area contributed by atoms with E-state index >= 15 is 0 Å². The SMILES string of the molecule is COc1ccc(C=NN=C2NC(=O)C(CC(=O)Cl)S2)cc1OC. The lowest BCUT2D eigenvalue weighted by atomic mass is 10.2. The number of rotatable bonds is 6. The molecule has 9 heteroatoms. The van der Waals surface area contributed by atoms with Crippen molar-refractivity contribution >= 4 is 45.9 Å². The topological polar surface area (TPSA) is 89.4 Å². The summed E-state index contributed by atoms with van der Waals surface area (Å²) < 4.78 is 10.3. The van der Waals surface area contributed by atoms with Crippen LogP contribution in [0.25, 0.3) is 0 Å². The van der Waals surface area contributed by atoms with Gasteiger partial charge in [-0.25, -0.2) is 0 Å². The van der Waals surface area contributed by atoms with Crippen molar-refractivity contribution in [1.29, 1.82) is 0 Å². The third kappa shape index (κ3) is 4.70. The second kappa shape index (κ2) is 7.98. The molecule has 1 fully saturated rings. The smallest absolute Gasteiger partial charge is 0.240 e. The molecule has 1 atom stereocenters. The minimum Gasteiger partial charge on any atom is -0.493 e. The summed E-state index contributed by atoms with van der Waals surface area (Å²) in [5.41, 5.74) is 0.758. The zero-order valence-corrected chi connectivity index (χ0v) is 14.0. The second-order valence-corrected chi connectivity index (χ2v) is 6.03. The summed E-state index contributed by atoms with van der Waals surface area (Å²) in [5, 5.41) is 9.58. The lowest BCUT2D eigenvalue weighted by Crippen LogP contribution is -2.25. The number of amidine groups is 1. The van der Waals surface area contributed by atoms with Crippen LogP contribution in [0.5, 0.6) is 11.5 Å². The van der Waals surface area contributed by atoms with E-state index in [-0.39, 0.29) is 12.3 Å². The molecule has 2 rings (SSSR count). The number of hydrogen-bond acceptors (Lipinski definition) is 7. The summed E-state index contributed by atoms with van der Waals surface area (Å²) in [6.07, 6.45) is 1.47. The fraction of sp³-hybridized carbons (Fsp3) is 0.286.